The number of aliphatic hydroxyl groups is 1. The van der Waals surface area contributed by atoms with Crippen molar-refractivity contribution in [2.75, 3.05) is 11.5 Å². The van der Waals surface area contributed by atoms with Crippen LogP contribution < -0.4 is 4.90 Å². The highest BCUT2D eigenvalue weighted by Gasteiger charge is 2.51. The van der Waals surface area contributed by atoms with Crippen LogP contribution in [0, 0.1) is 5.82 Å². The van der Waals surface area contributed by atoms with Gasteiger partial charge in [0.05, 0.1) is 25.3 Å². The van der Waals surface area contributed by atoms with Gasteiger partial charge < -0.3 is 14.7 Å². The molecule has 0 aromatic heterocycles. The van der Waals surface area contributed by atoms with Crippen LogP contribution in [0.5, 0.6) is 0 Å². The van der Waals surface area contributed by atoms with Crippen LogP contribution in [0.3, 0.4) is 0 Å². The SMILES string of the molecule is CCOC(=O)CC1(O)C(=O)N(Cc2ccccc2)c2ccc(F)cc21. The molecule has 2 aromatic rings. The summed E-state index contributed by atoms with van der Waals surface area (Å²) in [6.45, 7) is 1.98. The fourth-order valence-electron chi connectivity index (χ4n) is 3.04. The summed E-state index contributed by atoms with van der Waals surface area (Å²) < 4.78 is 18.6. The highest BCUT2D eigenvalue weighted by molar-refractivity contribution is 6.08. The molecule has 5 nitrogen and oxygen atoms in total. The van der Waals surface area contributed by atoms with Crippen molar-refractivity contribution in [3.8, 4) is 0 Å². The Hall–Kier alpha value is -2.73. The van der Waals surface area contributed by atoms with Crippen molar-refractivity contribution in [1.82, 2.24) is 0 Å². The number of fused-ring (bicyclic) bond motifs is 1. The number of hydrogen-bond acceptors (Lipinski definition) is 4. The first kappa shape index (κ1) is 17.1. The minimum atomic E-state index is -2.13. The maximum Gasteiger partial charge on any atom is 0.309 e. The van der Waals surface area contributed by atoms with Crippen molar-refractivity contribution in [2.45, 2.75) is 25.5 Å². The molecular formula is C19H18FNO4. The van der Waals surface area contributed by atoms with E-state index in [1.807, 2.05) is 30.3 Å². The van der Waals surface area contributed by atoms with Gasteiger partial charge in [0.25, 0.3) is 5.91 Å². The summed E-state index contributed by atoms with van der Waals surface area (Å²) >= 11 is 0. The summed E-state index contributed by atoms with van der Waals surface area (Å²) in [6.07, 6.45) is -0.554. The number of amides is 1. The van der Waals surface area contributed by atoms with E-state index in [0.717, 1.165) is 11.6 Å². The van der Waals surface area contributed by atoms with Gasteiger partial charge in [-0.05, 0) is 30.7 Å². The van der Waals surface area contributed by atoms with Gasteiger partial charge in [0.15, 0.2) is 5.60 Å². The maximum absolute atomic E-state index is 13.7. The van der Waals surface area contributed by atoms with Gasteiger partial charge in [0.1, 0.15) is 5.82 Å². The number of esters is 1. The number of carbonyl (C=O) groups is 2. The smallest absolute Gasteiger partial charge is 0.309 e. The molecule has 0 bridgehead atoms. The van der Waals surface area contributed by atoms with Gasteiger partial charge in [-0.15, -0.1) is 0 Å². The minimum Gasteiger partial charge on any atom is -0.466 e. The van der Waals surface area contributed by atoms with E-state index in [1.165, 1.54) is 17.0 Å². The number of halogens is 1. The molecule has 1 aliphatic rings. The zero-order chi connectivity index (χ0) is 18.0. The molecule has 0 fully saturated rings. The van der Waals surface area contributed by atoms with Gasteiger partial charge in [-0.25, -0.2) is 4.39 Å². The number of benzene rings is 2. The molecule has 1 atom stereocenters. The summed E-state index contributed by atoms with van der Waals surface area (Å²) in [5.74, 6) is -1.96. The zero-order valence-corrected chi connectivity index (χ0v) is 13.7. The summed E-state index contributed by atoms with van der Waals surface area (Å²) in [5.41, 5.74) is -0.798. The second kappa shape index (κ2) is 6.64. The number of nitrogens with zero attached hydrogens (tertiary/aromatic N) is 1. The van der Waals surface area contributed by atoms with Crippen molar-refractivity contribution in [1.29, 1.82) is 0 Å². The summed E-state index contributed by atoms with van der Waals surface area (Å²) in [7, 11) is 0. The van der Waals surface area contributed by atoms with E-state index in [4.69, 9.17) is 4.74 Å². The molecule has 130 valence electrons. The molecule has 1 amide bonds. The Morgan fingerprint density at radius 3 is 2.64 bits per heavy atom. The van der Waals surface area contributed by atoms with Gasteiger partial charge >= 0.3 is 5.97 Å². The molecule has 0 aliphatic carbocycles. The monoisotopic (exact) mass is 343 g/mol. The van der Waals surface area contributed by atoms with Crippen LogP contribution >= 0.6 is 0 Å². The largest absolute Gasteiger partial charge is 0.466 e. The van der Waals surface area contributed by atoms with Gasteiger partial charge in [-0.2, -0.15) is 0 Å². The zero-order valence-electron chi connectivity index (χ0n) is 13.7. The Labute approximate surface area is 144 Å². The highest BCUT2D eigenvalue weighted by atomic mass is 19.1. The molecule has 6 heteroatoms. The average molecular weight is 343 g/mol. The predicted molar refractivity (Wildman–Crippen MR) is 89.2 cm³/mol. The van der Waals surface area contributed by atoms with E-state index < -0.39 is 29.7 Å². The third kappa shape index (κ3) is 3.13. The third-order valence-corrected chi connectivity index (χ3v) is 4.18. The lowest BCUT2D eigenvalue weighted by Gasteiger charge is -2.22. The third-order valence-electron chi connectivity index (χ3n) is 4.18. The van der Waals surface area contributed by atoms with Crippen molar-refractivity contribution in [3.63, 3.8) is 0 Å². The lowest BCUT2D eigenvalue weighted by atomic mass is 9.92. The Kier molecular flexibility index (Phi) is 4.55. The molecule has 1 heterocycles. The normalized spacial score (nSPS) is 19.0. The Morgan fingerprint density at radius 2 is 1.96 bits per heavy atom. The molecule has 1 aliphatic heterocycles. The number of ether oxygens (including phenoxy) is 1. The second-order valence-corrected chi connectivity index (χ2v) is 5.88. The first-order chi connectivity index (χ1) is 12.0. The van der Waals surface area contributed by atoms with Crippen molar-refractivity contribution < 1.29 is 23.8 Å². The van der Waals surface area contributed by atoms with E-state index in [-0.39, 0.29) is 18.7 Å². The number of carbonyl (C=O) groups excluding carboxylic acids is 2. The number of rotatable bonds is 5. The van der Waals surface area contributed by atoms with Crippen LogP contribution in [0.4, 0.5) is 10.1 Å². The topological polar surface area (TPSA) is 66.8 Å². The molecule has 0 saturated heterocycles. The number of hydrogen-bond donors (Lipinski definition) is 1. The highest BCUT2D eigenvalue weighted by Crippen LogP contribution is 2.43. The standard InChI is InChI=1S/C19H18FNO4/c1-2-25-17(22)11-19(24)15-10-14(20)8-9-16(15)21(18(19)23)12-13-6-4-3-5-7-13/h3-10,24H,2,11-12H2,1H3. The maximum atomic E-state index is 13.7. The minimum absolute atomic E-state index is 0.0847. The van der Waals surface area contributed by atoms with Crippen LogP contribution in [0.2, 0.25) is 0 Å². The second-order valence-electron chi connectivity index (χ2n) is 5.88. The van der Waals surface area contributed by atoms with Gasteiger partial charge in [-0.1, -0.05) is 30.3 Å². The Morgan fingerprint density at radius 1 is 1.24 bits per heavy atom. The van der Waals surface area contributed by atoms with Crippen LogP contribution in [0.15, 0.2) is 48.5 Å². The first-order valence-corrected chi connectivity index (χ1v) is 7.99. The quantitative estimate of drug-likeness (QED) is 0.847. The van der Waals surface area contributed by atoms with Crippen LogP contribution in [-0.2, 0) is 26.5 Å². The first-order valence-electron chi connectivity index (χ1n) is 7.99. The van der Waals surface area contributed by atoms with Crippen molar-refractivity contribution >= 4 is 17.6 Å². The molecule has 0 spiro atoms. The van der Waals surface area contributed by atoms with E-state index in [1.54, 1.807) is 6.92 Å². The lowest BCUT2D eigenvalue weighted by molar-refractivity contribution is -0.155. The fourth-order valence-corrected chi connectivity index (χ4v) is 3.04. The molecule has 1 N–H and O–H groups in total. The van der Waals surface area contributed by atoms with Crippen LogP contribution in [-0.4, -0.2) is 23.6 Å². The molecular weight excluding hydrogens is 325 g/mol. The lowest BCUT2D eigenvalue weighted by Crippen LogP contribution is -2.41. The van der Waals surface area contributed by atoms with Crippen molar-refractivity contribution in [3.05, 3.63) is 65.5 Å². The van der Waals surface area contributed by atoms with Gasteiger partial charge in [-0.3, -0.25) is 9.59 Å². The average Bonchev–Trinajstić information content (AvgIpc) is 2.78. The van der Waals surface area contributed by atoms with Gasteiger partial charge in [0, 0.05) is 5.56 Å². The summed E-state index contributed by atoms with van der Waals surface area (Å²) in [6, 6.07) is 13.0. The molecule has 3 rings (SSSR count). The van der Waals surface area contributed by atoms with E-state index in [9.17, 15) is 19.1 Å². The van der Waals surface area contributed by atoms with E-state index in [0.29, 0.717) is 5.69 Å². The molecule has 0 radical (unpaired) electrons. The van der Waals surface area contributed by atoms with Crippen LogP contribution in [0.1, 0.15) is 24.5 Å². The van der Waals surface area contributed by atoms with Crippen LogP contribution in [0.25, 0.3) is 0 Å². The molecule has 0 saturated carbocycles. The fraction of sp³-hybridized carbons (Fsp3) is 0.263. The summed E-state index contributed by atoms with van der Waals surface area (Å²) in [5, 5.41) is 10.9. The molecule has 2 aromatic carbocycles. The van der Waals surface area contributed by atoms with Gasteiger partial charge in [0.2, 0.25) is 0 Å². The Balaban J connectivity index is 2.00. The van der Waals surface area contributed by atoms with E-state index in [2.05, 4.69) is 0 Å². The molecule has 1 unspecified atom stereocenters. The van der Waals surface area contributed by atoms with E-state index >= 15 is 0 Å². The number of anilines is 1. The van der Waals surface area contributed by atoms with Crippen molar-refractivity contribution in [2.24, 2.45) is 0 Å². The summed E-state index contributed by atoms with van der Waals surface area (Å²) in [4.78, 5) is 26.1. The molecule has 25 heavy (non-hydrogen) atoms. The Bertz CT molecular complexity index is 808. The predicted octanol–water partition coefficient (Wildman–Crippen LogP) is 2.51.